The highest BCUT2D eigenvalue weighted by molar-refractivity contribution is 6.04. The van der Waals surface area contributed by atoms with E-state index in [0.29, 0.717) is 0 Å². The van der Waals surface area contributed by atoms with Crippen LogP contribution in [0.3, 0.4) is 0 Å². The Labute approximate surface area is 224 Å². The maximum atomic E-state index is 13.1. The maximum absolute atomic E-state index is 13.1. The molecule has 2 aromatic carbocycles. The number of anilines is 1. The van der Waals surface area contributed by atoms with Crippen molar-refractivity contribution in [2.45, 2.75) is 90.9 Å². The highest BCUT2D eigenvalue weighted by Gasteiger charge is 2.45. The van der Waals surface area contributed by atoms with Crippen LogP contribution in [0.4, 0.5) is 5.69 Å². The van der Waals surface area contributed by atoms with E-state index >= 15 is 0 Å². The largest absolute Gasteiger partial charge is 0.320 e. The summed E-state index contributed by atoms with van der Waals surface area (Å²) in [5.74, 6) is 1.48. The number of fused-ring (bicyclic) bond motifs is 3. The number of hydrogen-bond donors (Lipinski definition) is 1. The fourth-order valence-corrected chi connectivity index (χ4v) is 6.98. The second kappa shape index (κ2) is 12.5. The van der Waals surface area contributed by atoms with Gasteiger partial charge in [-0.15, -0.1) is 0 Å². The zero-order valence-electron chi connectivity index (χ0n) is 23.2. The summed E-state index contributed by atoms with van der Waals surface area (Å²) in [5, 5.41) is 3.07. The second-order valence-corrected chi connectivity index (χ2v) is 10.8. The molecular weight excluding hydrogens is 452 g/mol. The first kappa shape index (κ1) is 27.1. The van der Waals surface area contributed by atoms with Crippen molar-refractivity contribution in [3.05, 3.63) is 94.8 Å². The molecule has 1 heterocycles. The van der Waals surface area contributed by atoms with Crippen LogP contribution in [0.1, 0.15) is 98.5 Å². The normalized spacial score (nSPS) is 22.5. The van der Waals surface area contributed by atoms with Crippen LogP contribution >= 0.6 is 0 Å². The lowest BCUT2D eigenvalue weighted by atomic mass is 9.57. The molecule has 3 aromatic rings. The van der Waals surface area contributed by atoms with Crippen molar-refractivity contribution in [2.24, 2.45) is 11.8 Å². The molecule has 0 radical (unpaired) electrons. The van der Waals surface area contributed by atoms with Gasteiger partial charge >= 0.3 is 0 Å². The summed E-state index contributed by atoms with van der Waals surface area (Å²) in [6.07, 6.45) is 12.9. The number of nitrogens with one attached hydrogen (secondary N) is 1. The van der Waals surface area contributed by atoms with Gasteiger partial charge in [-0.25, -0.2) is 0 Å². The van der Waals surface area contributed by atoms with Gasteiger partial charge in [0.15, 0.2) is 0 Å². The lowest BCUT2D eigenvalue weighted by molar-refractivity contribution is 0.102. The van der Waals surface area contributed by atoms with Crippen molar-refractivity contribution in [3.8, 4) is 0 Å². The summed E-state index contributed by atoms with van der Waals surface area (Å²) in [6, 6.07) is 21.4. The van der Waals surface area contributed by atoms with E-state index in [1.165, 1.54) is 68.1 Å². The first-order chi connectivity index (χ1) is 18.1. The van der Waals surface area contributed by atoms with E-state index in [9.17, 15) is 4.79 Å². The summed E-state index contributed by atoms with van der Waals surface area (Å²) in [5.41, 5.74) is 7.07. The standard InChI is InChI=1S/C32H38N2O.C2H6/c1-3-17-32-18-16-25(20-24-9-5-4-6-10-24)21-28(32)12-7-11-26-22-27(14-15-29(26)32)31(35)34-30-13-8-19-33-23(30)2;1-2/h4-6,8-10,13-15,19,22,25,28H,3,7,11-12,16-18,20-21H2,1-2H3,(H,34,35);1-2H3. The summed E-state index contributed by atoms with van der Waals surface area (Å²) in [6.45, 7) is 8.26. The Balaban J connectivity index is 0.00000156. The molecule has 3 heteroatoms. The minimum absolute atomic E-state index is 0.0409. The van der Waals surface area contributed by atoms with Crippen LogP contribution in [0, 0.1) is 18.8 Å². The summed E-state index contributed by atoms with van der Waals surface area (Å²) >= 11 is 0. The average Bonchev–Trinajstić information content (AvgIpc) is 3.08. The molecule has 1 aromatic heterocycles. The molecule has 0 spiro atoms. The highest BCUT2D eigenvalue weighted by Crippen LogP contribution is 2.53. The molecule has 3 atom stereocenters. The zero-order valence-corrected chi connectivity index (χ0v) is 23.2. The van der Waals surface area contributed by atoms with Crippen molar-refractivity contribution in [3.63, 3.8) is 0 Å². The Kier molecular flexibility index (Phi) is 9.18. The van der Waals surface area contributed by atoms with E-state index in [1.54, 1.807) is 6.20 Å². The third-order valence-electron chi connectivity index (χ3n) is 8.62. The number of amides is 1. The summed E-state index contributed by atoms with van der Waals surface area (Å²) in [7, 11) is 0. The first-order valence-corrected chi connectivity index (χ1v) is 14.5. The molecule has 0 bridgehead atoms. The topological polar surface area (TPSA) is 42.0 Å². The van der Waals surface area contributed by atoms with Crippen LogP contribution < -0.4 is 5.32 Å². The fourth-order valence-electron chi connectivity index (χ4n) is 6.98. The number of carbonyl (C=O) groups is 1. The number of pyridine rings is 1. The van der Waals surface area contributed by atoms with Gasteiger partial charge in [0.2, 0.25) is 0 Å². The van der Waals surface area contributed by atoms with Gasteiger partial charge in [0.1, 0.15) is 0 Å². The Morgan fingerprint density at radius 1 is 1.05 bits per heavy atom. The molecule has 1 N–H and O–H groups in total. The minimum atomic E-state index is -0.0409. The molecule has 0 aliphatic heterocycles. The van der Waals surface area contributed by atoms with E-state index < -0.39 is 0 Å². The third kappa shape index (κ3) is 5.98. The Bertz CT molecular complexity index is 1170. The third-order valence-corrected chi connectivity index (χ3v) is 8.62. The first-order valence-electron chi connectivity index (χ1n) is 14.5. The SMILES string of the molecule is CC.CCCC12CCC(Cc3ccccc3)CC1CCCc1cc(C(=O)Nc3cccnc3C)ccc12. The Hall–Kier alpha value is -2.94. The van der Waals surface area contributed by atoms with Crippen LogP contribution in [-0.4, -0.2) is 10.9 Å². The van der Waals surface area contributed by atoms with Gasteiger partial charge < -0.3 is 5.32 Å². The van der Waals surface area contributed by atoms with E-state index in [4.69, 9.17) is 0 Å². The molecule has 1 saturated carbocycles. The molecule has 0 saturated heterocycles. The van der Waals surface area contributed by atoms with Crippen molar-refractivity contribution < 1.29 is 4.79 Å². The van der Waals surface area contributed by atoms with Crippen molar-refractivity contribution in [1.29, 1.82) is 0 Å². The minimum Gasteiger partial charge on any atom is -0.320 e. The van der Waals surface area contributed by atoms with Gasteiger partial charge in [-0.2, -0.15) is 0 Å². The quantitative estimate of drug-likeness (QED) is 0.371. The predicted molar refractivity (Wildman–Crippen MR) is 155 cm³/mol. The Morgan fingerprint density at radius 3 is 2.62 bits per heavy atom. The number of carbonyl (C=O) groups excluding carboxylic acids is 1. The van der Waals surface area contributed by atoms with E-state index in [0.717, 1.165) is 35.2 Å². The van der Waals surface area contributed by atoms with Crippen LogP contribution in [0.25, 0.3) is 0 Å². The van der Waals surface area contributed by atoms with Crippen molar-refractivity contribution in [1.82, 2.24) is 4.98 Å². The summed E-state index contributed by atoms with van der Waals surface area (Å²) < 4.78 is 0. The van der Waals surface area contributed by atoms with Gasteiger partial charge in [-0.05, 0) is 116 Å². The van der Waals surface area contributed by atoms with Crippen LogP contribution in [-0.2, 0) is 18.3 Å². The van der Waals surface area contributed by atoms with Crippen molar-refractivity contribution in [2.75, 3.05) is 5.32 Å². The van der Waals surface area contributed by atoms with Gasteiger partial charge in [0.25, 0.3) is 5.91 Å². The smallest absolute Gasteiger partial charge is 0.255 e. The van der Waals surface area contributed by atoms with Gasteiger partial charge in [0, 0.05) is 11.8 Å². The van der Waals surface area contributed by atoms with E-state index in [2.05, 4.69) is 65.8 Å². The molecule has 5 rings (SSSR count). The average molecular weight is 497 g/mol. The predicted octanol–water partition coefficient (Wildman–Crippen LogP) is 8.70. The van der Waals surface area contributed by atoms with Gasteiger partial charge in [0.05, 0.1) is 11.4 Å². The zero-order chi connectivity index (χ0) is 26.3. The molecular formula is C34H44N2O. The fraction of sp³-hybridized carbons (Fsp3) is 0.471. The molecule has 3 unspecified atom stereocenters. The number of nitrogens with zero attached hydrogens (tertiary/aromatic N) is 1. The number of aryl methyl sites for hydroxylation is 2. The lowest BCUT2D eigenvalue weighted by Crippen LogP contribution is -2.41. The van der Waals surface area contributed by atoms with Gasteiger partial charge in [-0.1, -0.05) is 63.6 Å². The Morgan fingerprint density at radius 2 is 1.86 bits per heavy atom. The molecule has 1 fully saturated rings. The number of rotatable bonds is 6. The van der Waals surface area contributed by atoms with E-state index in [1.807, 2.05) is 32.9 Å². The molecule has 2 aliphatic rings. The summed E-state index contributed by atoms with van der Waals surface area (Å²) in [4.78, 5) is 17.4. The second-order valence-electron chi connectivity index (χ2n) is 10.8. The number of benzene rings is 2. The van der Waals surface area contributed by atoms with E-state index in [-0.39, 0.29) is 11.3 Å². The number of hydrogen-bond acceptors (Lipinski definition) is 2. The molecule has 3 nitrogen and oxygen atoms in total. The van der Waals surface area contributed by atoms with Crippen molar-refractivity contribution >= 4 is 11.6 Å². The monoisotopic (exact) mass is 496 g/mol. The maximum Gasteiger partial charge on any atom is 0.255 e. The molecule has 37 heavy (non-hydrogen) atoms. The van der Waals surface area contributed by atoms with Crippen LogP contribution in [0.15, 0.2) is 66.9 Å². The molecule has 196 valence electrons. The highest BCUT2D eigenvalue weighted by atomic mass is 16.1. The van der Waals surface area contributed by atoms with Gasteiger partial charge in [-0.3, -0.25) is 9.78 Å². The van der Waals surface area contributed by atoms with Crippen LogP contribution in [0.5, 0.6) is 0 Å². The van der Waals surface area contributed by atoms with Crippen LogP contribution in [0.2, 0.25) is 0 Å². The molecule has 1 amide bonds. The molecule has 2 aliphatic carbocycles. The number of aromatic nitrogens is 1. The lowest BCUT2D eigenvalue weighted by Gasteiger charge is -2.47.